The molecule has 3 aromatic carbocycles. The van der Waals surface area contributed by atoms with Crippen molar-refractivity contribution in [3.63, 3.8) is 0 Å². The first kappa shape index (κ1) is 26.2. The fourth-order valence-corrected chi connectivity index (χ4v) is 5.89. The first-order valence-corrected chi connectivity index (χ1v) is 13.9. The summed E-state index contributed by atoms with van der Waals surface area (Å²) >= 11 is 0. The summed E-state index contributed by atoms with van der Waals surface area (Å²) in [4.78, 5) is 4.03. The van der Waals surface area contributed by atoms with Gasteiger partial charge < -0.3 is 15.1 Å². The van der Waals surface area contributed by atoms with E-state index in [9.17, 15) is 0 Å². The van der Waals surface area contributed by atoms with Crippen molar-refractivity contribution in [2.45, 2.75) is 46.2 Å². The van der Waals surface area contributed by atoms with Crippen molar-refractivity contribution in [1.82, 2.24) is 5.32 Å². The van der Waals surface area contributed by atoms with Gasteiger partial charge in [-0.25, -0.2) is 0 Å². The average Bonchev–Trinajstić information content (AvgIpc) is 2.92. The summed E-state index contributed by atoms with van der Waals surface area (Å²) in [6.45, 7) is 14.2. The zero-order valence-electron chi connectivity index (χ0n) is 22.8. The molecular weight excluding hydrogens is 438 g/mol. The lowest BCUT2D eigenvalue weighted by molar-refractivity contribution is -0.908. The van der Waals surface area contributed by atoms with E-state index < -0.39 is 0 Å². The summed E-state index contributed by atoms with van der Waals surface area (Å²) in [5, 5.41) is 6.05. The number of anilines is 1. The van der Waals surface area contributed by atoms with Gasteiger partial charge in [0.05, 0.1) is 13.1 Å². The number of fused-ring (bicyclic) bond motifs is 1. The van der Waals surface area contributed by atoms with E-state index in [1.807, 2.05) is 7.05 Å². The number of nitrogens with one attached hydrogen (secondary N) is 2. The van der Waals surface area contributed by atoms with E-state index in [-0.39, 0.29) is 5.92 Å². The van der Waals surface area contributed by atoms with Gasteiger partial charge in [0, 0.05) is 37.2 Å². The van der Waals surface area contributed by atoms with Gasteiger partial charge in [-0.05, 0) is 86.5 Å². The van der Waals surface area contributed by atoms with Gasteiger partial charge in [-0.2, -0.15) is 0 Å². The predicted octanol–water partition coefficient (Wildman–Crippen LogP) is 5.57. The highest BCUT2D eigenvalue weighted by atomic mass is 15.1. The molecule has 36 heavy (non-hydrogen) atoms. The van der Waals surface area contributed by atoms with Crippen LogP contribution in [0.5, 0.6) is 0 Å². The molecule has 1 unspecified atom stereocenters. The van der Waals surface area contributed by atoms with E-state index >= 15 is 0 Å². The van der Waals surface area contributed by atoms with E-state index in [0.717, 1.165) is 32.7 Å². The molecule has 0 aliphatic heterocycles. The first-order chi connectivity index (χ1) is 17.6. The Morgan fingerprint density at radius 2 is 1.47 bits per heavy atom. The van der Waals surface area contributed by atoms with Crippen molar-refractivity contribution in [3.8, 4) is 0 Å². The molecule has 3 heteroatoms. The van der Waals surface area contributed by atoms with Crippen LogP contribution < -0.4 is 15.1 Å². The van der Waals surface area contributed by atoms with Crippen LogP contribution in [0, 0.1) is 5.92 Å². The maximum Gasteiger partial charge on any atom is 0.125 e. The van der Waals surface area contributed by atoms with Crippen molar-refractivity contribution in [3.05, 3.63) is 102 Å². The summed E-state index contributed by atoms with van der Waals surface area (Å²) < 4.78 is 0. The van der Waals surface area contributed by atoms with Crippen LogP contribution in [0.3, 0.4) is 0 Å². The third-order valence-corrected chi connectivity index (χ3v) is 7.92. The van der Waals surface area contributed by atoms with Crippen LogP contribution in [0.15, 0.2) is 85.0 Å². The molecule has 0 spiro atoms. The minimum Gasteiger partial charge on any atom is -0.372 e. The quantitative estimate of drug-likeness (QED) is 0.348. The number of hydrogen-bond acceptors (Lipinski definition) is 2. The van der Waals surface area contributed by atoms with E-state index in [4.69, 9.17) is 0 Å². The fourth-order valence-electron chi connectivity index (χ4n) is 5.89. The lowest BCUT2D eigenvalue weighted by atomic mass is 9.77. The van der Waals surface area contributed by atoms with Gasteiger partial charge in [0.25, 0.3) is 0 Å². The number of quaternary nitrogens is 1. The van der Waals surface area contributed by atoms with Crippen molar-refractivity contribution in [2.75, 3.05) is 38.1 Å². The molecule has 0 aromatic heterocycles. The lowest BCUT2D eigenvalue weighted by Gasteiger charge is -2.30. The maximum atomic E-state index is 3.39. The lowest BCUT2D eigenvalue weighted by Crippen LogP contribution is -3.14. The van der Waals surface area contributed by atoms with E-state index in [1.54, 1.807) is 4.90 Å². The summed E-state index contributed by atoms with van der Waals surface area (Å²) in [7, 11) is 2.03. The summed E-state index contributed by atoms with van der Waals surface area (Å²) in [6.07, 6.45) is 9.82. The monoisotopic (exact) mass is 482 g/mol. The molecule has 0 radical (unpaired) electrons. The number of rotatable bonds is 11. The first-order valence-electron chi connectivity index (χ1n) is 13.9. The highest BCUT2D eigenvalue weighted by molar-refractivity contribution is 5.86. The van der Waals surface area contributed by atoms with E-state index in [0.29, 0.717) is 12.0 Å². The molecule has 0 bridgehead atoms. The summed E-state index contributed by atoms with van der Waals surface area (Å²) in [6, 6.07) is 23.5. The Morgan fingerprint density at radius 3 is 2.08 bits per heavy atom. The van der Waals surface area contributed by atoms with Crippen LogP contribution >= 0.6 is 0 Å². The van der Waals surface area contributed by atoms with Crippen LogP contribution in [0.2, 0.25) is 0 Å². The number of benzene rings is 3. The Kier molecular flexibility index (Phi) is 9.01. The molecule has 0 saturated heterocycles. The zero-order chi connectivity index (χ0) is 25.5. The zero-order valence-corrected chi connectivity index (χ0v) is 22.8. The van der Waals surface area contributed by atoms with Crippen LogP contribution in [-0.2, 0) is 6.54 Å². The standard InChI is InChI=1S/C33H43N3/c1-6-35(7-2)30-18-14-25(15-19-30)33(26-16-20-31(21-17-26)36(8-3)9-4)28-22-27-12-10-11-13-32(27)29(23-28)24-34-5/h10-23,25,30,33-34H,6-9,24H2,1-5H3/p+1. The number of likely N-dealkylation sites (N-methyl/N-ethyl adjacent to an activating group) is 1. The molecular formula is C33H44N3+. The van der Waals surface area contributed by atoms with Crippen molar-refractivity contribution in [1.29, 1.82) is 0 Å². The van der Waals surface area contributed by atoms with Crippen molar-refractivity contribution < 1.29 is 4.90 Å². The third kappa shape index (κ3) is 5.58. The fraction of sp³-hybridized carbons (Fsp3) is 0.394. The molecule has 4 rings (SSSR count). The molecule has 1 atom stereocenters. The minimum absolute atomic E-state index is 0.274. The SMILES string of the molecule is CCN(CC)c1ccc(C(c2cc(CNC)c3ccccc3c2)C2C=CC([NH+](CC)CC)C=C2)cc1. The van der Waals surface area contributed by atoms with Gasteiger partial charge in [-0.1, -0.05) is 60.7 Å². The molecule has 1 aliphatic carbocycles. The van der Waals surface area contributed by atoms with E-state index in [1.165, 1.54) is 33.2 Å². The van der Waals surface area contributed by atoms with Gasteiger partial charge >= 0.3 is 0 Å². The van der Waals surface area contributed by atoms with Gasteiger partial charge in [0.2, 0.25) is 0 Å². The maximum absolute atomic E-state index is 3.39. The number of nitrogens with zero attached hydrogens (tertiary/aromatic N) is 1. The predicted molar refractivity (Wildman–Crippen MR) is 156 cm³/mol. The molecule has 0 amide bonds. The highest BCUT2D eigenvalue weighted by Crippen LogP contribution is 2.38. The van der Waals surface area contributed by atoms with Crippen LogP contribution in [0.25, 0.3) is 10.8 Å². The second-order valence-corrected chi connectivity index (χ2v) is 9.91. The van der Waals surface area contributed by atoms with Gasteiger partial charge in [0.1, 0.15) is 6.04 Å². The minimum atomic E-state index is 0.274. The molecule has 190 valence electrons. The molecule has 3 nitrogen and oxygen atoms in total. The Hall–Kier alpha value is -2.88. The Morgan fingerprint density at radius 1 is 0.806 bits per heavy atom. The van der Waals surface area contributed by atoms with Gasteiger partial charge in [-0.3, -0.25) is 0 Å². The Balaban J connectivity index is 1.78. The average molecular weight is 483 g/mol. The molecule has 1 aliphatic rings. The molecule has 3 aromatic rings. The Labute approximate surface area is 218 Å². The Bertz CT molecular complexity index is 1160. The summed E-state index contributed by atoms with van der Waals surface area (Å²) in [5.74, 6) is 0.607. The third-order valence-electron chi connectivity index (χ3n) is 7.92. The second kappa shape index (κ2) is 12.4. The van der Waals surface area contributed by atoms with Gasteiger partial charge in [0.15, 0.2) is 0 Å². The topological polar surface area (TPSA) is 19.7 Å². The molecule has 2 N–H and O–H groups in total. The number of allylic oxidation sites excluding steroid dienone is 2. The van der Waals surface area contributed by atoms with Crippen molar-refractivity contribution >= 4 is 16.5 Å². The van der Waals surface area contributed by atoms with Crippen LogP contribution in [0.1, 0.15) is 50.3 Å². The van der Waals surface area contributed by atoms with Gasteiger partial charge in [-0.15, -0.1) is 0 Å². The second-order valence-electron chi connectivity index (χ2n) is 9.91. The normalized spacial score (nSPS) is 18.2. The van der Waals surface area contributed by atoms with E-state index in [2.05, 4.69) is 123 Å². The largest absolute Gasteiger partial charge is 0.372 e. The molecule has 0 heterocycles. The van der Waals surface area contributed by atoms with Crippen molar-refractivity contribution in [2.24, 2.45) is 5.92 Å². The van der Waals surface area contributed by atoms with Crippen LogP contribution in [0.4, 0.5) is 5.69 Å². The smallest absolute Gasteiger partial charge is 0.125 e. The number of hydrogen-bond donors (Lipinski definition) is 2. The highest BCUT2D eigenvalue weighted by Gasteiger charge is 2.26. The molecule has 0 fully saturated rings. The molecule has 0 saturated carbocycles. The van der Waals surface area contributed by atoms with Crippen LogP contribution in [-0.4, -0.2) is 39.3 Å². The summed E-state index contributed by atoms with van der Waals surface area (Å²) in [5.41, 5.74) is 5.44.